The maximum Gasteiger partial charge on any atom is 0.236 e. The molecule has 0 bridgehead atoms. The first kappa shape index (κ1) is 11.6. The van der Waals surface area contributed by atoms with Gasteiger partial charge in [-0.1, -0.05) is 11.6 Å². The van der Waals surface area contributed by atoms with Gasteiger partial charge in [0.1, 0.15) is 0 Å². The van der Waals surface area contributed by atoms with E-state index in [4.69, 9.17) is 21.1 Å². The summed E-state index contributed by atoms with van der Waals surface area (Å²) in [6.45, 7) is 6.10. The van der Waals surface area contributed by atoms with E-state index in [1.54, 1.807) is 0 Å². The van der Waals surface area contributed by atoms with Crippen LogP contribution in [0.4, 0.5) is 0 Å². The molecule has 0 radical (unpaired) electrons. The highest BCUT2D eigenvalue weighted by atomic mass is 35.5. The van der Waals surface area contributed by atoms with Gasteiger partial charge in [-0.25, -0.2) is 0 Å². The normalized spacial score (nSPS) is 20.1. The number of hydrogen-bond acceptors (Lipinski definition) is 4. The third-order valence-corrected chi connectivity index (χ3v) is 3.26. The smallest absolute Gasteiger partial charge is 0.236 e. The molecule has 1 aromatic rings. The van der Waals surface area contributed by atoms with Crippen LogP contribution in [-0.4, -0.2) is 30.0 Å². The lowest BCUT2D eigenvalue weighted by Gasteiger charge is -2.12. The van der Waals surface area contributed by atoms with Crippen LogP contribution in [0.2, 0.25) is 5.15 Å². The minimum atomic E-state index is 0.439. The van der Waals surface area contributed by atoms with Gasteiger partial charge in [0.2, 0.25) is 5.88 Å². The monoisotopic (exact) mass is 242 g/mol. The molecular formula is C11H15ClN2O2. The van der Waals surface area contributed by atoms with Crippen LogP contribution in [0.15, 0.2) is 0 Å². The Hall–Kier alpha value is -0.870. The Balaban J connectivity index is 2.01. The van der Waals surface area contributed by atoms with Crippen LogP contribution < -0.4 is 4.74 Å². The van der Waals surface area contributed by atoms with Gasteiger partial charge in [0, 0.05) is 18.1 Å². The molecule has 1 saturated heterocycles. The molecule has 4 nitrogen and oxygen atoms in total. The topological polar surface area (TPSA) is 44.2 Å². The van der Waals surface area contributed by atoms with E-state index in [2.05, 4.69) is 10.2 Å². The average molecular weight is 243 g/mol. The van der Waals surface area contributed by atoms with E-state index < -0.39 is 0 Å². The van der Waals surface area contributed by atoms with Crippen molar-refractivity contribution in [3.63, 3.8) is 0 Å². The summed E-state index contributed by atoms with van der Waals surface area (Å²) >= 11 is 5.86. The first-order chi connectivity index (χ1) is 7.68. The predicted molar refractivity (Wildman–Crippen MR) is 60.9 cm³/mol. The summed E-state index contributed by atoms with van der Waals surface area (Å²) in [4.78, 5) is 0. The van der Waals surface area contributed by atoms with E-state index in [-0.39, 0.29) is 0 Å². The number of rotatable bonds is 3. The zero-order valence-corrected chi connectivity index (χ0v) is 10.3. The molecule has 0 spiro atoms. The second kappa shape index (κ2) is 4.97. The van der Waals surface area contributed by atoms with E-state index in [1.165, 1.54) is 0 Å². The highest BCUT2D eigenvalue weighted by Crippen LogP contribution is 2.23. The van der Waals surface area contributed by atoms with Crippen LogP contribution in [0.5, 0.6) is 5.88 Å². The number of halogens is 1. The molecule has 1 aliphatic rings. The number of aromatic nitrogens is 2. The number of nitrogens with zero attached hydrogens (tertiary/aromatic N) is 2. The van der Waals surface area contributed by atoms with Crippen molar-refractivity contribution in [3.05, 3.63) is 16.3 Å². The highest BCUT2D eigenvalue weighted by Gasteiger charge is 2.17. The fourth-order valence-corrected chi connectivity index (χ4v) is 1.78. The molecule has 0 aliphatic carbocycles. The zero-order chi connectivity index (χ0) is 11.5. The van der Waals surface area contributed by atoms with Gasteiger partial charge in [-0.05, 0) is 25.8 Å². The Bertz CT molecular complexity index is 378. The van der Waals surface area contributed by atoms with Gasteiger partial charge in [-0.15, -0.1) is 10.2 Å². The largest absolute Gasteiger partial charge is 0.476 e. The molecule has 1 aliphatic heterocycles. The SMILES string of the molecule is Cc1c(Cl)nnc(OCC2CCOC2)c1C. The summed E-state index contributed by atoms with van der Waals surface area (Å²) in [5.74, 6) is 1.05. The maximum atomic E-state index is 5.86. The van der Waals surface area contributed by atoms with Crippen molar-refractivity contribution in [2.45, 2.75) is 20.3 Å². The van der Waals surface area contributed by atoms with E-state index in [1.807, 2.05) is 13.8 Å². The lowest BCUT2D eigenvalue weighted by molar-refractivity contribution is 0.165. The van der Waals surface area contributed by atoms with Gasteiger partial charge in [-0.2, -0.15) is 0 Å². The molecule has 1 aromatic heterocycles. The van der Waals surface area contributed by atoms with Gasteiger partial charge in [0.25, 0.3) is 0 Å². The molecule has 1 atom stereocenters. The predicted octanol–water partition coefficient (Wildman–Crippen LogP) is 2.16. The van der Waals surface area contributed by atoms with Crippen molar-refractivity contribution in [3.8, 4) is 5.88 Å². The standard InChI is InChI=1S/C11H15ClN2O2/c1-7-8(2)11(14-13-10(7)12)16-6-9-3-4-15-5-9/h9H,3-6H2,1-2H3. The van der Waals surface area contributed by atoms with Crippen LogP contribution in [0.1, 0.15) is 17.5 Å². The molecule has 1 fully saturated rings. The van der Waals surface area contributed by atoms with Crippen LogP contribution in [0.3, 0.4) is 0 Å². The minimum absolute atomic E-state index is 0.439. The molecule has 0 saturated carbocycles. The van der Waals surface area contributed by atoms with Gasteiger partial charge < -0.3 is 9.47 Å². The molecule has 0 aromatic carbocycles. The summed E-state index contributed by atoms with van der Waals surface area (Å²) < 4.78 is 10.9. The molecule has 5 heteroatoms. The second-order valence-corrected chi connectivity index (χ2v) is 4.44. The van der Waals surface area contributed by atoms with Crippen molar-refractivity contribution >= 4 is 11.6 Å². The summed E-state index contributed by atoms with van der Waals surface area (Å²) in [5, 5.41) is 8.24. The average Bonchev–Trinajstić information content (AvgIpc) is 2.78. The molecule has 16 heavy (non-hydrogen) atoms. The summed E-state index contributed by atoms with van der Waals surface area (Å²) in [7, 11) is 0. The first-order valence-electron chi connectivity index (χ1n) is 5.38. The quantitative estimate of drug-likeness (QED) is 0.815. The molecule has 88 valence electrons. The molecule has 2 rings (SSSR count). The van der Waals surface area contributed by atoms with E-state index >= 15 is 0 Å². The fourth-order valence-electron chi connectivity index (χ4n) is 1.60. The van der Waals surface area contributed by atoms with Crippen molar-refractivity contribution in [2.24, 2.45) is 5.92 Å². The van der Waals surface area contributed by atoms with Gasteiger partial charge in [0.15, 0.2) is 5.15 Å². The first-order valence-corrected chi connectivity index (χ1v) is 5.76. The Labute approximate surface area is 99.9 Å². The van der Waals surface area contributed by atoms with Gasteiger partial charge >= 0.3 is 0 Å². The maximum absolute atomic E-state index is 5.86. The lowest BCUT2D eigenvalue weighted by atomic mass is 10.1. The van der Waals surface area contributed by atoms with Crippen LogP contribution in [0.25, 0.3) is 0 Å². The summed E-state index contributed by atoms with van der Waals surface area (Å²) in [6, 6.07) is 0. The van der Waals surface area contributed by atoms with E-state index in [0.717, 1.165) is 30.8 Å². The van der Waals surface area contributed by atoms with Crippen molar-refractivity contribution < 1.29 is 9.47 Å². The molecule has 2 heterocycles. The van der Waals surface area contributed by atoms with Crippen molar-refractivity contribution in [1.29, 1.82) is 0 Å². The molecule has 0 amide bonds. The van der Waals surface area contributed by atoms with Crippen LogP contribution in [-0.2, 0) is 4.74 Å². The fraction of sp³-hybridized carbons (Fsp3) is 0.636. The number of ether oxygens (including phenoxy) is 2. The third-order valence-electron chi connectivity index (χ3n) is 2.90. The lowest BCUT2D eigenvalue weighted by Crippen LogP contribution is -2.13. The van der Waals surface area contributed by atoms with E-state index in [0.29, 0.717) is 23.6 Å². The van der Waals surface area contributed by atoms with Gasteiger partial charge in [-0.3, -0.25) is 0 Å². The minimum Gasteiger partial charge on any atom is -0.476 e. The Morgan fingerprint density at radius 2 is 2.19 bits per heavy atom. The van der Waals surface area contributed by atoms with Crippen LogP contribution in [0, 0.1) is 19.8 Å². The second-order valence-electron chi connectivity index (χ2n) is 4.09. The van der Waals surface area contributed by atoms with Crippen LogP contribution >= 0.6 is 11.6 Å². The molecule has 1 unspecified atom stereocenters. The third kappa shape index (κ3) is 2.44. The van der Waals surface area contributed by atoms with E-state index in [9.17, 15) is 0 Å². The Morgan fingerprint density at radius 1 is 1.38 bits per heavy atom. The Kier molecular flexibility index (Phi) is 3.61. The van der Waals surface area contributed by atoms with Crippen molar-refractivity contribution in [1.82, 2.24) is 10.2 Å². The highest BCUT2D eigenvalue weighted by molar-refractivity contribution is 6.30. The molecular weight excluding hydrogens is 228 g/mol. The molecule has 0 N–H and O–H groups in total. The number of hydrogen-bond donors (Lipinski definition) is 0. The zero-order valence-electron chi connectivity index (χ0n) is 9.49. The van der Waals surface area contributed by atoms with Gasteiger partial charge in [0.05, 0.1) is 13.2 Å². The Morgan fingerprint density at radius 3 is 2.88 bits per heavy atom. The summed E-state index contributed by atoms with van der Waals surface area (Å²) in [6.07, 6.45) is 1.05. The van der Waals surface area contributed by atoms with Crippen molar-refractivity contribution in [2.75, 3.05) is 19.8 Å². The summed E-state index contributed by atoms with van der Waals surface area (Å²) in [5.41, 5.74) is 1.88.